The summed E-state index contributed by atoms with van der Waals surface area (Å²) >= 11 is 2.11. The normalized spacial score (nSPS) is 32.2. The van der Waals surface area contributed by atoms with Crippen molar-refractivity contribution in [2.75, 3.05) is 32.4 Å². The van der Waals surface area contributed by atoms with Crippen molar-refractivity contribution in [3.63, 3.8) is 0 Å². The van der Waals surface area contributed by atoms with Crippen LogP contribution in [0.3, 0.4) is 0 Å². The molecule has 2 nitrogen and oxygen atoms in total. The summed E-state index contributed by atoms with van der Waals surface area (Å²) in [5.41, 5.74) is 0. The molecule has 0 amide bonds. The third kappa shape index (κ3) is 3.43. The average Bonchev–Trinajstić information content (AvgIpc) is 2.33. The summed E-state index contributed by atoms with van der Waals surface area (Å²) in [5.74, 6) is 0.810. The fourth-order valence-corrected chi connectivity index (χ4v) is 4.42. The predicted molar refractivity (Wildman–Crippen MR) is 82.4 cm³/mol. The lowest BCUT2D eigenvalue weighted by Gasteiger charge is -2.47. The SMILES string of the molecule is CCCNC1CCN(CC2(SC)CCC2)CC1C. The highest BCUT2D eigenvalue weighted by atomic mass is 32.2. The smallest absolute Gasteiger partial charge is 0.0284 e. The van der Waals surface area contributed by atoms with Gasteiger partial charge in [0.25, 0.3) is 0 Å². The Morgan fingerprint density at radius 1 is 1.39 bits per heavy atom. The summed E-state index contributed by atoms with van der Waals surface area (Å²) in [4.78, 5) is 2.73. The van der Waals surface area contributed by atoms with E-state index in [-0.39, 0.29) is 0 Å². The van der Waals surface area contributed by atoms with Crippen LogP contribution in [0.4, 0.5) is 0 Å². The number of hydrogen-bond donors (Lipinski definition) is 1. The highest BCUT2D eigenvalue weighted by Crippen LogP contribution is 2.43. The fourth-order valence-electron chi connectivity index (χ4n) is 3.41. The Balaban J connectivity index is 1.77. The van der Waals surface area contributed by atoms with E-state index in [1.807, 2.05) is 0 Å². The van der Waals surface area contributed by atoms with Gasteiger partial charge in [0.1, 0.15) is 0 Å². The van der Waals surface area contributed by atoms with Gasteiger partial charge in [0, 0.05) is 23.9 Å². The predicted octanol–water partition coefficient (Wildman–Crippen LogP) is 2.98. The number of likely N-dealkylation sites (tertiary alicyclic amines) is 1. The van der Waals surface area contributed by atoms with E-state index in [0.29, 0.717) is 4.75 Å². The van der Waals surface area contributed by atoms with Crippen LogP contribution in [-0.4, -0.2) is 48.1 Å². The summed E-state index contributed by atoms with van der Waals surface area (Å²) in [6.07, 6.45) is 9.23. The minimum Gasteiger partial charge on any atom is -0.314 e. The second-order valence-electron chi connectivity index (χ2n) is 6.30. The standard InChI is InChI=1S/C15H30N2S/c1-4-9-16-14-6-10-17(11-13(14)2)12-15(18-3)7-5-8-15/h13-14,16H,4-12H2,1-3H3. The van der Waals surface area contributed by atoms with Gasteiger partial charge < -0.3 is 10.2 Å². The monoisotopic (exact) mass is 270 g/mol. The molecule has 2 rings (SSSR count). The molecule has 0 bridgehead atoms. The fraction of sp³-hybridized carbons (Fsp3) is 1.00. The Hall–Kier alpha value is 0.270. The first-order valence-electron chi connectivity index (χ1n) is 7.70. The molecule has 2 unspecified atom stereocenters. The van der Waals surface area contributed by atoms with E-state index < -0.39 is 0 Å². The molecule has 1 N–H and O–H groups in total. The van der Waals surface area contributed by atoms with Crippen molar-refractivity contribution in [2.45, 2.75) is 56.7 Å². The summed E-state index contributed by atoms with van der Waals surface area (Å²) in [6, 6.07) is 0.757. The lowest BCUT2D eigenvalue weighted by Crippen LogP contribution is -2.53. The highest BCUT2D eigenvalue weighted by Gasteiger charge is 2.39. The lowest BCUT2D eigenvalue weighted by molar-refractivity contribution is 0.120. The van der Waals surface area contributed by atoms with E-state index in [0.717, 1.165) is 12.0 Å². The number of nitrogens with zero attached hydrogens (tertiary/aromatic N) is 1. The Morgan fingerprint density at radius 3 is 2.67 bits per heavy atom. The second kappa shape index (κ2) is 6.62. The van der Waals surface area contributed by atoms with Crippen molar-refractivity contribution in [3.05, 3.63) is 0 Å². The molecule has 106 valence electrons. The van der Waals surface area contributed by atoms with Gasteiger partial charge in [-0.3, -0.25) is 0 Å². The molecule has 0 spiro atoms. The van der Waals surface area contributed by atoms with Gasteiger partial charge in [-0.15, -0.1) is 0 Å². The number of nitrogens with one attached hydrogen (secondary N) is 1. The van der Waals surface area contributed by atoms with Crippen LogP contribution in [0.2, 0.25) is 0 Å². The van der Waals surface area contributed by atoms with Crippen molar-refractivity contribution in [3.8, 4) is 0 Å². The Morgan fingerprint density at radius 2 is 2.17 bits per heavy atom. The van der Waals surface area contributed by atoms with Gasteiger partial charge in [-0.1, -0.05) is 20.3 Å². The molecule has 2 atom stereocenters. The van der Waals surface area contributed by atoms with Crippen LogP contribution in [0.15, 0.2) is 0 Å². The van der Waals surface area contributed by atoms with Gasteiger partial charge in [-0.05, 0) is 50.9 Å². The topological polar surface area (TPSA) is 15.3 Å². The van der Waals surface area contributed by atoms with E-state index in [4.69, 9.17) is 0 Å². The van der Waals surface area contributed by atoms with Gasteiger partial charge in [0.2, 0.25) is 0 Å². The van der Waals surface area contributed by atoms with Crippen molar-refractivity contribution < 1.29 is 0 Å². The molecule has 1 heterocycles. The third-order valence-electron chi connectivity index (χ3n) is 4.86. The van der Waals surface area contributed by atoms with Crippen LogP contribution < -0.4 is 5.32 Å². The summed E-state index contributed by atoms with van der Waals surface area (Å²) < 4.78 is 0.614. The van der Waals surface area contributed by atoms with Crippen LogP contribution in [0.1, 0.15) is 46.0 Å². The number of thioether (sulfide) groups is 1. The second-order valence-corrected chi connectivity index (χ2v) is 7.58. The molecule has 1 aliphatic heterocycles. The molecular formula is C15H30N2S. The van der Waals surface area contributed by atoms with E-state index in [1.54, 1.807) is 0 Å². The zero-order valence-electron chi connectivity index (χ0n) is 12.4. The summed E-state index contributed by atoms with van der Waals surface area (Å²) in [5, 5.41) is 3.71. The minimum absolute atomic E-state index is 0.614. The molecule has 2 fully saturated rings. The van der Waals surface area contributed by atoms with Crippen molar-refractivity contribution in [1.82, 2.24) is 10.2 Å². The summed E-state index contributed by atoms with van der Waals surface area (Å²) in [6.45, 7) is 9.79. The zero-order valence-corrected chi connectivity index (χ0v) is 13.2. The molecule has 1 aliphatic carbocycles. The van der Waals surface area contributed by atoms with Crippen molar-refractivity contribution >= 4 is 11.8 Å². The first kappa shape index (κ1) is 14.7. The molecular weight excluding hydrogens is 240 g/mol. The molecule has 18 heavy (non-hydrogen) atoms. The van der Waals surface area contributed by atoms with Gasteiger partial charge >= 0.3 is 0 Å². The largest absolute Gasteiger partial charge is 0.314 e. The van der Waals surface area contributed by atoms with Crippen LogP contribution in [0, 0.1) is 5.92 Å². The van der Waals surface area contributed by atoms with Crippen LogP contribution in [0.5, 0.6) is 0 Å². The van der Waals surface area contributed by atoms with E-state index >= 15 is 0 Å². The Labute approximate surface area is 117 Å². The van der Waals surface area contributed by atoms with Gasteiger partial charge in [-0.25, -0.2) is 0 Å². The zero-order chi connectivity index (χ0) is 13.0. The molecule has 0 aromatic heterocycles. The highest BCUT2D eigenvalue weighted by molar-refractivity contribution is 8.00. The van der Waals surface area contributed by atoms with Crippen molar-refractivity contribution in [1.29, 1.82) is 0 Å². The first-order valence-corrected chi connectivity index (χ1v) is 8.92. The quantitative estimate of drug-likeness (QED) is 0.799. The third-order valence-corrected chi connectivity index (χ3v) is 6.26. The van der Waals surface area contributed by atoms with Gasteiger partial charge in [0.05, 0.1) is 0 Å². The lowest BCUT2D eigenvalue weighted by atomic mass is 9.82. The maximum atomic E-state index is 3.71. The van der Waals surface area contributed by atoms with Crippen molar-refractivity contribution in [2.24, 2.45) is 5.92 Å². The maximum absolute atomic E-state index is 3.71. The molecule has 1 saturated heterocycles. The minimum atomic E-state index is 0.614. The van der Waals surface area contributed by atoms with Crippen LogP contribution >= 0.6 is 11.8 Å². The number of piperidine rings is 1. The van der Waals surface area contributed by atoms with Gasteiger partial charge in [0.15, 0.2) is 0 Å². The molecule has 2 aliphatic rings. The first-order chi connectivity index (χ1) is 8.69. The van der Waals surface area contributed by atoms with E-state index in [9.17, 15) is 0 Å². The molecule has 0 radical (unpaired) electrons. The van der Waals surface area contributed by atoms with E-state index in [1.165, 1.54) is 58.3 Å². The van der Waals surface area contributed by atoms with Crippen LogP contribution in [0.25, 0.3) is 0 Å². The van der Waals surface area contributed by atoms with Crippen LogP contribution in [-0.2, 0) is 0 Å². The van der Waals surface area contributed by atoms with Gasteiger partial charge in [-0.2, -0.15) is 11.8 Å². The molecule has 0 aromatic rings. The Bertz CT molecular complexity index is 247. The molecule has 3 heteroatoms. The van der Waals surface area contributed by atoms with E-state index in [2.05, 4.69) is 42.1 Å². The Kier molecular flexibility index (Phi) is 5.40. The molecule has 1 saturated carbocycles. The maximum Gasteiger partial charge on any atom is 0.0284 e. The number of rotatable bonds is 6. The summed E-state index contributed by atoms with van der Waals surface area (Å²) in [7, 11) is 0. The molecule has 0 aromatic carbocycles. The average molecular weight is 270 g/mol. The number of hydrogen-bond acceptors (Lipinski definition) is 3.